The summed E-state index contributed by atoms with van der Waals surface area (Å²) in [5.41, 5.74) is 1.02. The Morgan fingerprint density at radius 2 is 1.49 bits per heavy atom. The van der Waals surface area contributed by atoms with E-state index >= 15 is 0 Å². The molecule has 0 atom stereocenters. The number of carboxylic acids is 2. The van der Waals surface area contributed by atoms with E-state index in [4.69, 9.17) is 19.8 Å². The third-order valence-electron chi connectivity index (χ3n) is 4.42. The summed E-state index contributed by atoms with van der Waals surface area (Å²) in [4.78, 5) is 43.1. The number of aryl methyl sites for hydroxylation is 2. The molecule has 2 aromatic rings. The van der Waals surface area contributed by atoms with Crippen molar-refractivity contribution in [1.29, 1.82) is 0 Å². The van der Waals surface area contributed by atoms with Gasteiger partial charge in [0, 0.05) is 51.3 Å². The zero-order chi connectivity index (χ0) is 28.4. The van der Waals surface area contributed by atoms with E-state index in [1.165, 1.54) is 11.8 Å². The number of carbonyl (C=O) groups excluding carboxylic acids is 1. The Labute approximate surface area is 210 Å². The van der Waals surface area contributed by atoms with Gasteiger partial charge in [0.25, 0.3) is 0 Å². The number of anilines is 1. The van der Waals surface area contributed by atoms with Gasteiger partial charge in [-0.1, -0.05) is 17.8 Å². The number of pyridine rings is 1. The van der Waals surface area contributed by atoms with Crippen LogP contribution in [0.3, 0.4) is 0 Å². The first-order valence-corrected chi connectivity index (χ1v) is 11.2. The predicted molar refractivity (Wildman–Crippen MR) is 119 cm³/mol. The van der Waals surface area contributed by atoms with Gasteiger partial charge in [-0.05, 0) is 19.1 Å². The number of amides is 1. The average Bonchev–Trinajstić information content (AvgIpc) is 3.22. The summed E-state index contributed by atoms with van der Waals surface area (Å²) >= 11 is 1.49. The van der Waals surface area contributed by atoms with Crippen LogP contribution < -0.4 is 4.90 Å². The molecule has 10 nitrogen and oxygen atoms in total. The topological polar surface area (TPSA) is 129 Å². The normalized spacial score (nSPS) is 13.6. The fourth-order valence-corrected chi connectivity index (χ4v) is 3.43. The maximum atomic E-state index is 12.3. The molecule has 0 saturated carbocycles. The van der Waals surface area contributed by atoms with Crippen molar-refractivity contribution in [2.45, 2.75) is 24.4 Å². The van der Waals surface area contributed by atoms with Crippen LogP contribution in [0.25, 0.3) is 0 Å². The van der Waals surface area contributed by atoms with Crippen LogP contribution >= 0.6 is 11.8 Å². The fraction of sp³-hybridized carbons (Fsp3) is 0.450. The number of hydrogen-bond acceptors (Lipinski definition) is 7. The van der Waals surface area contributed by atoms with Gasteiger partial charge in [-0.25, -0.2) is 19.6 Å². The Kier molecular flexibility index (Phi) is 11.7. The number of carboxylic acid groups (broad SMARTS) is 2. The second-order valence-corrected chi connectivity index (χ2v) is 8.16. The molecule has 1 aliphatic heterocycles. The Morgan fingerprint density at radius 3 is 1.89 bits per heavy atom. The Hall–Kier alpha value is -3.50. The lowest BCUT2D eigenvalue weighted by atomic mass is 10.3. The molecule has 37 heavy (non-hydrogen) atoms. The van der Waals surface area contributed by atoms with Gasteiger partial charge in [0.2, 0.25) is 5.91 Å². The number of imidazole rings is 1. The van der Waals surface area contributed by atoms with Gasteiger partial charge >= 0.3 is 24.3 Å². The number of hydrogen-bond donors (Lipinski definition) is 2. The number of aromatic nitrogens is 3. The van der Waals surface area contributed by atoms with Crippen LogP contribution in [-0.2, 0) is 21.4 Å². The van der Waals surface area contributed by atoms with Gasteiger partial charge in [0.1, 0.15) is 5.82 Å². The molecule has 0 radical (unpaired) electrons. The Bertz CT molecular complexity index is 1030. The highest BCUT2D eigenvalue weighted by atomic mass is 32.2. The summed E-state index contributed by atoms with van der Waals surface area (Å²) in [5, 5.41) is 15.1. The quantitative estimate of drug-likeness (QED) is 0.429. The maximum absolute atomic E-state index is 12.3. The van der Waals surface area contributed by atoms with E-state index in [0.717, 1.165) is 42.8 Å². The molecule has 1 saturated heterocycles. The molecule has 2 N–H and O–H groups in total. The molecule has 1 amide bonds. The minimum atomic E-state index is -5.08. The van der Waals surface area contributed by atoms with Gasteiger partial charge in [0.05, 0.1) is 5.75 Å². The molecule has 206 valence electrons. The first kappa shape index (κ1) is 31.5. The van der Waals surface area contributed by atoms with E-state index in [2.05, 4.69) is 14.9 Å². The van der Waals surface area contributed by atoms with Crippen molar-refractivity contribution < 1.29 is 50.9 Å². The smallest absolute Gasteiger partial charge is 0.475 e. The van der Waals surface area contributed by atoms with E-state index in [-0.39, 0.29) is 5.91 Å². The predicted octanol–water partition coefficient (Wildman–Crippen LogP) is 2.83. The first-order valence-electron chi connectivity index (χ1n) is 10.2. The van der Waals surface area contributed by atoms with Crippen LogP contribution in [0.5, 0.6) is 0 Å². The molecule has 0 aliphatic carbocycles. The van der Waals surface area contributed by atoms with E-state index in [0.29, 0.717) is 5.75 Å². The molecular formula is C20H23F6N5O5S. The zero-order valence-electron chi connectivity index (χ0n) is 19.5. The van der Waals surface area contributed by atoms with E-state index < -0.39 is 24.3 Å². The van der Waals surface area contributed by atoms with Crippen molar-refractivity contribution in [2.75, 3.05) is 36.8 Å². The molecule has 0 bridgehead atoms. The number of rotatable bonds is 4. The van der Waals surface area contributed by atoms with Crippen molar-refractivity contribution in [3.8, 4) is 0 Å². The third kappa shape index (κ3) is 11.4. The lowest BCUT2D eigenvalue weighted by molar-refractivity contribution is -0.193. The minimum absolute atomic E-state index is 0.176. The third-order valence-corrected chi connectivity index (χ3v) is 5.46. The number of nitrogens with zero attached hydrogens (tertiary/aromatic N) is 5. The van der Waals surface area contributed by atoms with Crippen LogP contribution in [0, 0.1) is 6.92 Å². The number of thioether (sulfide) groups is 1. The van der Waals surface area contributed by atoms with Crippen LogP contribution in [0.2, 0.25) is 0 Å². The zero-order valence-corrected chi connectivity index (χ0v) is 20.3. The maximum Gasteiger partial charge on any atom is 0.490 e. The van der Waals surface area contributed by atoms with Crippen molar-refractivity contribution in [3.63, 3.8) is 0 Å². The van der Waals surface area contributed by atoms with E-state index in [9.17, 15) is 31.1 Å². The molecule has 1 fully saturated rings. The number of carbonyl (C=O) groups is 3. The molecule has 0 aromatic carbocycles. The van der Waals surface area contributed by atoms with Gasteiger partial charge in [-0.3, -0.25) is 4.79 Å². The number of piperazine rings is 1. The second kappa shape index (κ2) is 13.7. The molecule has 3 rings (SSSR count). The number of aliphatic carboxylic acids is 2. The van der Waals surface area contributed by atoms with Crippen molar-refractivity contribution in [2.24, 2.45) is 7.05 Å². The minimum Gasteiger partial charge on any atom is -0.475 e. The van der Waals surface area contributed by atoms with Crippen LogP contribution in [0.15, 0.2) is 35.7 Å². The summed E-state index contributed by atoms with van der Waals surface area (Å²) in [6, 6.07) is 6.05. The van der Waals surface area contributed by atoms with Crippen molar-refractivity contribution >= 4 is 35.4 Å². The van der Waals surface area contributed by atoms with E-state index in [1.54, 1.807) is 6.20 Å². The van der Waals surface area contributed by atoms with Crippen LogP contribution in [0.4, 0.5) is 32.2 Å². The fourth-order valence-electron chi connectivity index (χ4n) is 2.60. The standard InChI is InChI=1S/C16H21N5OS.2C2HF3O2/c1-13-4-3-5-14(18-13)20-8-10-21(11-9-20)15(22)12-23-16-17-6-7-19(16)2;2*3-2(4,5)1(6)7/h3-7H,8-12H2,1-2H3;2*(H,6,7). The summed E-state index contributed by atoms with van der Waals surface area (Å²) in [6.07, 6.45) is -6.53. The number of halogens is 6. The monoisotopic (exact) mass is 559 g/mol. The lowest BCUT2D eigenvalue weighted by Gasteiger charge is -2.35. The second-order valence-electron chi connectivity index (χ2n) is 7.22. The summed E-state index contributed by atoms with van der Waals surface area (Å²) in [6.45, 7) is 5.15. The molecule has 0 spiro atoms. The Balaban J connectivity index is 0.000000404. The molecule has 2 aromatic heterocycles. The first-order chi connectivity index (χ1) is 17.0. The highest BCUT2D eigenvalue weighted by Crippen LogP contribution is 2.18. The largest absolute Gasteiger partial charge is 0.490 e. The van der Waals surface area contributed by atoms with Gasteiger partial charge in [0.15, 0.2) is 5.16 Å². The van der Waals surface area contributed by atoms with Crippen molar-refractivity contribution in [1.82, 2.24) is 19.4 Å². The molecule has 17 heteroatoms. The summed E-state index contributed by atoms with van der Waals surface area (Å²) in [7, 11) is 1.94. The van der Waals surface area contributed by atoms with Crippen molar-refractivity contribution in [3.05, 3.63) is 36.3 Å². The number of alkyl halides is 6. The SMILES string of the molecule is Cc1cccc(N2CCN(C(=O)CSc3nccn3C)CC2)n1.O=C(O)C(F)(F)F.O=C(O)C(F)(F)F. The lowest BCUT2D eigenvalue weighted by Crippen LogP contribution is -2.49. The van der Waals surface area contributed by atoms with Crippen LogP contribution in [-0.4, -0.2) is 91.8 Å². The van der Waals surface area contributed by atoms with E-state index in [1.807, 2.05) is 47.8 Å². The molecular weight excluding hydrogens is 536 g/mol. The van der Waals surface area contributed by atoms with Gasteiger partial charge < -0.3 is 24.6 Å². The molecule has 0 unspecified atom stereocenters. The Morgan fingerprint density at radius 1 is 0.973 bits per heavy atom. The van der Waals surface area contributed by atoms with Crippen LogP contribution in [0.1, 0.15) is 5.69 Å². The highest BCUT2D eigenvalue weighted by molar-refractivity contribution is 7.99. The molecule has 1 aliphatic rings. The van der Waals surface area contributed by atoms with Gasteiger partial charge in [-0.15, -0.1) is 0 Å². The average molecular weight is 559 g/mol. The summed E-state index contributed by atoms with van der Waals surface area (Å²) in [5.74, 6) is -3.90. The highest BCUT2D eigenvalue weighted by Gasteiger charge is 2.38. The van der Waals surface area contributed by atoms with Gasteiger partial charge in [-0.2, -0.15) is 26.3 Å². The summed E-state index contributed by atoms with van der Waals surface area (Å²) < 4.78 is 65.4. The molecule has 3 heterocycles.